The first-order valence-electron chi connectivity index (χ1n) is 7.03. The van der Waals surface area contributed by atoms with E-state index < -0.39 is 5.91 Å². The summed E-state index contributed by atoms with van der Waals surface area (Å²) in [6.45, 7) is -0.133. The number of carbonyl (C=O) groups is 2. The number of benzene rings is 2. The van der Waals surface area contributed by atoms with E-state index in [0.717, 1.165) is 0 Å². The zero-order valence-corrected chi connectivity index (χ0v) is 12.2. The van der Waals surface area contributed by atoms with E-state index in [2.05, 4.69) is 5.43 Å². The van der Waals surface area contributed by atoms with Crippen molar-refractivity contribution in [2.75, 3.05) is 6.61 Å². The van der Waals surface area contributed by atoms with Crippen LogP contribution in [-0.4, -0.2) is 23.0 Å². The topological polar surface area (TPSA) is 86.4 Å². The van der Waals surface area contributed by atoms with Crippen LogP contribution in [0, 0.1) is 0 Å². The average Bonchev–Trinajstić information content (AvgIpc) is 3.00. The molecule has 2 aromatic carbocycles. The van der Waals surface area contributed by atoms with Gasteiger partial charge in [-0.3, -0.25) is 19.6 Å². The van der Waals surface area contributed by atoms with Crippen LogP contribution in [-0.2, 0) is 0 Å². The molecule has 0 unspecified atom stereocenters. The summed E-state index contributed by atoms with van der Waals surface area (Å²) in [4.78, 5) is 24.3. The second-order valence-electron chi connectivity index (χ2n) is 4.90. The van der Waals surface area contributed by atoms with Crippen molar-refractivity contribution in [1.29, 1.82) is 0 Å². The van der Waals surface area contributed by atoms with E-state index in [9.17, 15) is 9.59 Å². The van der Waals surface area contributed by atoms with Gasteiger partial charge in [-0.25, -0.2) is 5.84 Å². The fourth-order valence-corrected chi connectivity index (χ4v) is 2.38. The molecule has 116 valence electrons. The minimum absolute atomic E-state index is 0.133. The summed E-state index contributed by atoms with van der Waals surface area (Å²) in [6.07, 6.45) is 1.48. The van der Waals surface area contributed by atoms with Gasteiger partial charge in [0.05, 0.1) is 11.1 Å². The molecule has 3 aromatic rings. The molecule has 3 rings (SSSR count). The summed E-state index contributed by atoms with van der Waals surface area (Å²) in [5, 5.41) is 0.656. The number of rotatable bonds is 4. The van der Waals surface area contributed by atoms with Gasteiger partial charge in [0.1, 0.15) is 5.75 Å². The van der Waals surface area contributed by atoms with Crippen molar-refractivity contribution >= 4 is 22.7 Å². The van der Waals surface area contributed by atoms with E-state index >= 15 is 0 Å². The number of nitrogens with two attached hydrogens (primary N) is 1. The number of ether oxygens (including phenoxy) is 1. The average molecular weight is 309 g/mol. The van der Waals surface area contributed by atoms with Gasteiger partial charge < -0.3 is 4.74 Å². The molecule has 0 spiro atoms. The highest BCUT2D eigenvalue weighted by molar-refractivity contribution is 6.09. The molecule has 0 aliphatic heterocycles. The Balaban J connectivity index is 1.90. The summed E-state index contributed by atoms with van der Waals surface area (Å²) in [6, 6.07) is 16.2. The van der Waals surface area contributed by atoms with E-state index in [1.807, 2.05) is 18.2 Å². The molecule has 1 heterocycles. The number of amides is 1. The quantitative estimate of drug-likeness (QED) is 0.438. The molecule has 6 heteroatoms. The maximum atomic E-state index is 12.4. The van der Waals surface area contributed by atoms with Crippen molar-refractivity contribution in [3.8, 4) is 5.75 Å². The van der Waals surface area contributed by atoms with Crippen LogP contribution < -0.4 is 16.0 Å². The minimum Gasteiger partial charge on any atom is -0.484 e. The smallest absolute Gasteiger partial charge is 0.269 e. The highest BCUT2D eigenvalue weighted by Crippen LogP contribution is 2.21. The van der Waals surface area contributed by atoms with Gasteiger partial charge in [0.25, 0.3) is 11.8 Å². The largest absolute Gasteiger partial charge is 0.484 e. The summed E-state index contributed by atoms with van der Waals surface area (Å²) >= 11 is 0. The number of carbonyl (C=O) groups excluding carboxylic acids is 2. The van der Waals surface area contributed by atoms with Gasteiger partial charge in [0.15, 0.2) is 6.61 Å². The summed E-state index contributed by atoms with van der Waals surface area (Å²) < 4.78 is 6.88. The standard InChI is InChI=1S/C17H15N3O3/c18-19-17(22)14-10-20(15-9-5-4-8-13(14)15)16(21)11-23-12-6-2-1-3-7-12/h1-10H,11,18H2,(H,19,22). The van der Waals surface area contributed by atoms with Gasteiger partial charge in [-0.2, -0.15) is 0 Å². The molecule has 3 N–H and O–H groups in total. The number of fused-ring (bicyclic) bond motifs is 1. The van der Waals surface area contributed by atoms with Crippen LogP contribution in [0.2, 0.25) is 0 Å². The lowest BCUT2D eigenvalue weighted by molar-refractivity contribution is 0.0843. The van der Waals surface area contributed by atoms with Crippen LogP contribution >= 0.6 is 0 Å². The third-order valence-corrected chi connectivity index (χ3v) is 3.46. The second-order valence-corrected chi connectivity index (χ2v) is 4.90. The van der Waals surface area contributed by atoms with Crippen molar-refractivity contribution in [3.63, 3.8) is 0 Å². The number of hydrogen-bond donors (Lipinski definition) is 2. The molecule has 0 saturated heterocycles. The number of hydrogen-bond acceptors (Lipinski definition) is 4. The highest BCUT2D eigenvalue weighted by Gasteiger charge is 2.17. The van der Waals surface area contributed by atoms with Crippen molar-refractivity contribution in [3.05, 3.63) is 66.4 Å². The molecule has 0 aliphatic rings. The summed E-state index contributed by atoms with van der Waals surface area (Å²) in [7, 11) is 0. The van der Waals surface area contributed by atoms with Gasteiger partial charge in [-0.1, -0.05) is 36.4 Å². The molecule has 23 heavy (non-hydrogen) atoms. The molecule has 0 fully saturated rings. The van der Waals surface area contributed by atoms with Crippen LogP contribution in [0.1, 0.15) is 15.2 Å². The minimum atomic E-state index is -0.447. The second kappa shape index (κ2) is 6.33. The highest BCUT2D eigenvalue weighted by atomic mass is 16.5. The maximum absolute atomic E-state index is 12.4. The van der Waals surface area contributed by atoms with Crippen molar-refractivity contribution in [2.24, 2.45) is 5.84 Å². The zero-order valence-electron chi connectivity index (χ0n) is 12.2. The number of nitrogens with one attached hydrogen (secondary N) is 1. The Labute approximate surface area is 132 Å². The number of nitrogen functional groups attached to an aromatic ring is 1. The fourth-order valence-electron chi connectivity index (χ4n) is 2.38. The monoisotopic (exact) mass is 309 g/mol. The molecule has 1 amide bonds. The van der Waals surface area contributed by atoms with E-state index in [4.69, 9.17) is 10.6 Å². The van der Waals surface area contributed by atoms with Crippen molar-refractivity contribution in [1.82, 2.24) is 9.99 Å². The van der Waals surface area contributed by atoms with Crippen LogP contribution in [0.3, 0.4) is 0 Å². The predicted molar refractivity (Wildman–Crippen MR) is 86.2 cm³/mol. The van der Waals surface area contributed by atoms with E-state index in [1.54, 1.807) is 36.4 Å². The first-order valence-corrected chi connectivity index (χ1v) is 7.03. The van der Waals surface area contributed by atoms with Crippen LogP contribution in [0.5, 0.6) is 5.75 Å². The Hall–Kier alpha value is -3.12. The van der Waals surface area contributed by atoms with Gasteiger partial charge >= 0.3 is 0 Å². The van der Waals surface area contributed by atoms with Crippen LogP contribution in [0.4, 0.5) is 0 Å². The maximum Gasteiger partial charge on any atom is 0.269 e. The normalized spacial score (nSPS) is 10.5. The lowest BCUT2D eigenvalue weighted by Gasteiger charge is -2.06. The number of para-hydroxylation sites is 2. The molecule has 0 radical (unpaired) electrons. The van der Waals surface area contributed by atoms with E-state index in [-0.39, 0.29) is 12.5 Å². The predicted octanol–water partition coefficient (Wildman–Crippen LogP) is 1.96. The number of nitrogens with zero attached hydrogens (tertiary/aromatic N) is 1. The van der Waals surface area contributed by atoms with Crippen molar-refractivity contribution < 1.29 is 14.3 Å². The fraction of sp³-hybridized carbons (Fsp3) is 0.0588. The van der Waals surface area contributed by atoms with Crippen LogP contribution in [0.25, 0.3) is 10.9 Å². The van der Waals surface area contributed by atoms with Crippen LogP contribution in [0.15, 0.2) is 60.8 Å². The number of aromatic nitrogens is 1. The lowest BCUT2D eigenvalue weighted by atomic mass is 10.2. The molecule has 0 atom stereocenters. The number of hydrazine groups is 1. The lowest BCUT2D eigenvalue weighted by Crippen LogP contribution is -2.29. The molecular weight excluding hydrogens is 294 g/mol. The van der Waals surface area contributed by atoms with Gasteiger partial charge in [0.2, 0.25) is 0 Å². The molecular formula is C17H15N3O3. The van der Waals surface area contributed by atoms with Crippen molar-refractivity contribution in [2.45, 2.75) is 0 Å². The Morgan fingerprint density at radius 3 is 2.48 bits per heavy atom. The molecule has 0 aliphatic carbocycles. The van der Waals surface area contributed by atoms with E-state index in [0.29, 0.717) is 22.2 Å². The van der Waals surface area contributed by atoms with Gasteiger partial charge in [0, 0.05) is 11.6 Å². The van der Waals surface area contributed by atoms with Gasteiger partial charge in [-0.05, 0) is 18.2 Å². The Morgan fingerprint density at radius 2 is 1.74 bits per heavy atom. The zero-order chi connectivity index (χ0) is 16.2. The third-order valence-electron chi connectivity index (χ3n) is 3.46. The molecule has 1 aromatic heterocycles. The van der Waals surface area contributed by atoms with E-state index in [1.165, 1.54) is 10.8 Å². The Bertz CT molecular complexity index is 856. The Morgan fingerprint density at radius 1 is 1.04 bits per heavy atom. The molecule has 0 bridgehead atoms. The Kier molecular flexibility index (Phi) is 4.07. The first kappa shape index (κ1) is 14.8. The SMILES string of the molecule is NNC(=O)c1cn(C(=O)COc2ccccc2)c2ccccc12. The first-order chi connectivity index (χ1) is 11.2. The molecule has 0 saturated carbocycles. The molecule has 6 nitrogen and oxygen atoms in total. The third kappa shape index (κ3) is 2.93. The summed E-state index contributed by atoms with van der Waals surface area (Å²) in [5.41, 5.74) is 3.06. The summed E-state index contributed by atoms with van der Waals surface area (Å²) in [5.74, 6) is 5.08. The van der Waals surface area contributed by atoms with Gasteiger partial charge in [-0.15, -0.1) is 0 Å².